The van der Waals surface area contributed by atoms with E-state index in [-0.39, 0.29) is 18.1 Å². The zero-order valence-electron chi connectivity index (χ0n) is 15.9. The smallest absolute Gasteiger partial charge is 0.256 e. The van der Waals surface area contributed by atoms with Crippen LogP contribution < -0.4 is 14.8 Å². The number of benzene rings is 1. The van der Waals surface area contributed by atoms with Crippen molar-refractivity contribution in [2.75, 3.05) is 18.5 Å². The first kappa shape index (κ1) is 18.7. The molecule has 1 aliphatic heterocycles. The molecule has 28 heavy (non-hydrogen) atoms. The summed E-state index contributed by atoms with van der Waals surface area (Å²) < 4.78 is 17.4. The minimum absolute atomic E-state index is 0.115. The van der Waals surface area contributed by atoms with Crippen LogP contribution in [0.25, 0.3) is 0 Å². The maximum Gasteiger partial charge on any atom is 0.256 e. The van der Waals surface area contributed by atoms with Crippen molar-refractivity contribution in [3.05, 3.63) is 48.2 Å². The van der Waals surface area contributed by atoms with Crippen molar-refractivity contribution in [1.29, 1.82) is 0 Å². The van der Waals surface area contributed by atoms with Gasteiger partial charge in [-0.3, -0.25) is 4.79 Å². The molecule has 0 bridgehead atoms. The Hall–Kier alpha value is -2.60. The van der Waals surface area contributed by atoms with E-state index in [1.165, 1.54) is 12.8 Å². The Bertz CT molecular complexity index is 801. The largest absolute Gasteiger partial charge is 0.489 e. The molecule has 6 nitrogen and oxygen atoms in total. The Kier molecular flexibility index (Phi) is 6.07. The summed E-state index contributed by atoms with van der Waals surface area (Å²) in [4.78, 5) is 16.9. The van der Waals surface area contributed by atoms with E-state index in [9.17, 15) is 4.79 Å². The van der Waals surface area contributed by atoms with E-state index in [2.05, 4.69) is 10.3 Å². The lowest BCUT2D eigenvalue weighted by Gasteiger charge is -2.25. The van der Waals surface area contributed by atoms with E-state index in [1.54, 1.807) is 18.3 Å². The number of nitrogens with one attached hydrogen (secondary N) is 1. The first-order valence-electron chi connectivity index (χ1n) is 10.1. The van der Waals surface area contributed by atoms with E-state index in [1.807, 2.05) is 24.3 Å². The van der Waals surface area contributed by atoms with Crippen molar-refractivity contribution < 1.29 is 19.0 Å². The SMILES string of the molecule is O=C(Nc1ccccc1OCC1CCCCO1)c1ccnc(OC2CCC2)c1. The summed E-state index contributed by atoms with van der Waals surface area (Å²) >= 11 is 0. The molecule has 2 fully saturated rings. The topological polar surface area (TPSA) is 69.7 Å². The van der Waals surface area contributed by atoms with Gasteiger partial charge in [0, 0.05) is 24.4 Å². The molecule has 1 aliphatic carbocycles. The Morgan fingerprint density at radius 2 is 2.04 bits per heavy atom. The van der Waals surface area contributed by atoms with Gasteiger partial charge in [0.1, 0.15) is 18.5 Å². The van der Waals surface area contributed by atoms with Gasteiger partial charge in [-0.15, -0.1) is 0 Å². The Morgan fingerprint density at radius 3 is 2.82 bits per heavy atom. The molecule has 4 rings (SSSR count). The number of pyridine rings is 1. The average molecular weight is 382 g/mol. The van der Waals surface area contributed by atoms with Crippen molar-refractivity contribution in [1.82, 2.24) is 4.98 Å². The summed E-state index contributed by atoms with van der Waals surface area (Å²) in [5.41, 5.74) is 1.15. The van der Waals surface area contributed by atoms with Crippen molar-refractivity contribution in [2.45, 2.75) is 50.7 Å². The van der Waals surface area contributed by atoms with Gasteiger partial charge in [0.15, 0.2) is 0 Å². The Labute approximate surface area is 165 Å². The molecule has 2 aliphatic rings. The lowest BCUT2D eigenvalue weighted by Crippen LogP contribution is -2.26. The third-order valence-corrected chi connectivity index (χ3v) is 5.17. The zero-order chi connectivity index (χ0) is 19.2. The molecule has 1 saturated carbocycles. The van der Waals surface area contributed by atoms with E-state index in [4.69, 9.17) is 14.2 Å². The number of para-hydroxylation sites is 2. The fourth-order valence-electron chi connectivity index (χ4n) is 3.29. The molecule has 1 N–H and O–H groups in total. The highest BCUT2D eigenvalue weighted by atomic mass is 16.5. The highest BCUT2D eigenvalue weighted by molar-refractivity contribution is 6.05. The second kappa shape index (κ2) is 9.06. The molecule has 6 heteroatoms. The van der Waals surface area contributed by atoms with Crippen LogP contribution in [0, 0.1) is 0 Å². The van der Waals surface area contributed by atoms with Crippen molar-refractivity contribution in [2.24, 2.45) is 0 Å². The fourth-order valence-corrected chi connectivity index (χ4v) is 3.29. The van der Waals surface area contributed by atoms with E-state index in [0.717, 1.165) is 32.3 Å². The number of ether oxygens (including phenoxy) is 3. The molecule has 1 unspecified atom stereocenters. The van der Waals surface area contributed by atoms with Crippen LogP contribution in [0.4, 0.5) is 5.69 Å². The number of nitrogens with zero attached hydrogens (tertiary/aromatic N) is 1. The van der Waals surface area contributed by atoms with Crippen LogP contribution in [-0.2, 0) is 4.74 Å². The summed E-state index contributed by atoms with van der Waals surface area (Å²) in [7, 11) is 0. The molecule has 1 saturated heterocycles. The van der Waals surface area contributed by atoms with Crippen LogP contribution in [0.15, 0.2) is 42.6 Å². The van der Waals surface area contributed by atoms with Gasteiger partial charge >= 0.3 is 0 Å². The monoisotopic (exact) mass is 382 g/mol. The molecule has 2 heterocycles. The molecule has 0 radical (unpaired) electrons. The summed E-state index contributed by atoms with van der Waals surface area (Å²) in [6.45, 7) is 1.28. The number of aromatic nitrogens is 1. The first-order valence-corrected chi connectivity index (χ1v) is 10.1. The summed E-state index contributed by atoms with van der Waals surface area (Å²) in [5.74, 6) is 0.923. The molecule has 1 amide bonds. The van der Waals surface area contributed by atoms with E-state index in [0.29, 0.717) is 29.5 Å². The number of carbonyl (C=O) groups is 1. The standard InChI is InChI=1S/C22H26N2O4/c25-22(16-11-12-23-21(14-16)28-17-7-5-8-17)24-19-9-1-2-10-20(19)27-15-18-6-3-4-13-26-18/h1-2,9-12,14,17-18H,3-8,13,15H2,(H,24,25). The lowest BCUT2D eigenvalue weighted by atomic mass is 9.96. The summed E-state index contributed by atoms with van der Waals surface area (Å²) in [5, 5.41) is 2.93. The number of carbonyl (C=O) groups excluding carboxylic acids is 1. The summed E-state index contributed by atoms with van der Waals surface area (Å²) in [6.07, 6.45) is 8.52. The van der Waals surface area contributed by atoms with E-state index >= 15 is 0 Å². The minimum atomic E-state index is -0.217. The Morgan fingerprint density at radius 1 is 1.14 bits per heavy atom. The number of anilines is 1. The second-order valence-corrected chi connectivity index (χ2v) is 7.30. The average Bonchev–Trinajstić information content (AvgIpc) is 2.71. The predicted molar refractivity (Wildman–Crippen MR) is 106 cm³/mol. The van der Waals surface area contributed by atoms with E-state index < -0.39 is 0 Å². The highest BCUT2D eigenvalue weighted by Crippen LogP contribution is 2.27. The van der Waals surface area contributed by atoms with Crippen LogP contribution in [0.3, 0.4) is 0 Å². The molecule has 1 aromatic heterocycles. The quantitative estimate of drug-likeness (QED) is 0.777. The molecule has 148 valence electrons. The van der Waals surface area contributed by atoms with Crippen molar-refractivity contribution >= 4 is 11.6 Å². The zero-order valence-corrected chi connectivity index (χ0v) is 15.9. The van der Waals surface area contributed by atoms with Gasteiger partial charge in [-0.25, -0.2) is 4.98 Å². The molecule has 1 atom stereocenters. The number of rotatable bonds is 7. The van der Waals surface area contributed by atoms with Crippen LogP contribution in [0.5, 0.6) is 11.6 Å². The van der Waals surface area contributed by atoms with Crippen LogP contribution in [-0.4, -0.2) is 36.3 Å². The third kappa shape index (κ3) is 4.81. The Balaban J connectivity index is 1.39. The molecular formula is C22H26N2O4. The number of hydrogen-bond acceptors (Lipinski definition) is 5. The van der Waals surface area contributed by atoms with Crippen LogP contribution in [0.2, 0.25) is 0 Å². The first-order chi connectivity index (χ1) is 13.8. The minimum Gasteiger partial charge on any atom is -0.489 e. The second-order valence-electron chi connectivity index (χ2n) is 7.30. The fraction of sp³-hybridized carbons (Fsp3) is 0.455. The predicted octanol–water partition coefficient (Wildman–Crippen LogP) is 4.21. The lowest BCUT2D eigenvalue weighted by molar-refractivity contribution is -0.0109. The van der Waals surface area contributed by atoms with Crippen LogP contribution in [0.1, 0.15) is 48.9 Å². The third-order valence-electron chi connectivity index (χ3n) is 5.17. The van der Waals surface area contributed by atoms with Gasteiger partial charge in [-0.2, -0.15) is 0 Å². The van der Waals surface area contributed by atoms with Crippen LogP contribution >= 0.6 is 0 Å². The molecule has 1 aromatic carbocycles. The number of hydrogen-bond donors (Lipinski definition) is 1. The van der Waals surface area contributed by atoms with Gasteiger partial charge in [0.25, 0.3) is 5.91 Å². The van der Waals surface area contributed by atoms with Gasteiger partial charge in [-0.05, 0) is 56.7 Å². The molecule has 0 spiro atoms. The normalized spacial score (nSPS) is 19.5. The van der Waals surface area contributed by atoms with Gasteiger partial charge < -0.3 is 19.5 Å². The van der Waals surface area contributed by atoms with Gasteiger partial charge in [-0.1, -0.05) is 12.1 Å². The van der Waals surface area contributed by atoms with Crippen molar-refractivity contribution in [3.8, 4) is 11.6 Å². The summed E-state index contributed by atoms with van der Waals surface area (Å²) in [6, 6.07) is 10.8. The highest BCUT2D eigenvalue weighted by Gasteiger charge is 2.20. The molecular weight excluding hydrogens is 356 g/mol. The van der Waals surface area contributed by atoms with Gasteiger partial charge in [0.05, 0.1) is 11.8 Å². The maximum absolute atomic E-state index is 12.7. The van der Waals surface area contributed by atoms with Crippen molar-refractivity contribution in [3.63, 3.8) is 0 Å². The maximum atomic E-state index is 12.7. The number of amides is 1. The molecule has 2 aromatic rings. The van der Waals surface area contributed by atoms with Gasteiger partial charge in [0.2, 0.25) is 5.88 Å².